The molecule has 2 heterocycles. The smallest absolute Gasteiger partial charge is 0.180 e. The van der Waals surface area contributed by atoms with Crippen LogP contribution in [0.2, 0.25) is 0 Å². The topological polar surface area (TPSA) is 40.6 Å². The molecule has 1 aromatic rings. The second-order valence-electron chi connectivity index (χ2n) is 8.65. The molecule has 0 N–H and O–H groups in total. The zero-order valence-electron chi connectivity index (χ0n) is 16.8. The largest absolute Gasteiger partial charge is 0.371 e. The lowest BCUT2D eigenvalue weighted by atomic mass is 9.93. The highest BCUT2D eigenvalue weighted by molar-refractivity contribution is 7.92. The van der Waals surface area contributed by atoms with E-state index in [1.165, 1.54) is 32.0 Å². The second kappa shape index (κ2) is 8.48. The fourth-order valence-electron chi connectivity index (χ4n) is 4.15. The summed E-state index contributed by atoms with van der Waals surface area (Å²) in [5.74, 6) is 1.06. The van der Waals surface area contributed by atoms with Crippen LogP contribution in [0.4, 0.5) is 10.1 Å². The number of hydrogen-bond donors (Lipinski definition) is 0. The van der Waals surface area contributed by atoms with E-state index in [1.807, 2.05) is 0 Å². The fraction of sp³-hybridized carbons (Fsp3) is 0.714. The number of likely N-dealkylation sites (tertiary alicyclic amines) is 1. The van der Waals surface area contributed by atoms with Crippen LogP contribution >= 0.6 is 0 Å². The third kappa shape index (κ3) is 5.02. The van der Waals surface area contributed by atoms with Gasteiger partial charge in [0.15, 0.2) is 9.84 Å². The molecule has 0 aliphatic carbocycles. The summed E-state index contributed by atoms with van der Waals surface area (Å²) in [7, 11) is -3.47. The van der Waals surface area contributed by atoms with Crippen molar-refractivity contribution in [2.24, 2.45) is 11.8 Å². The number of hydrogen-bond acceptors (Lipinski definition) is 4. The molecule has 0 radical (unpaired) electrons. The van der Waals surface area contributed by atoms with Gasteiger partial charge in [-0.2, -0.15) is 0 Å². The van der Waals surface area contributed by atoms with Crippen molar-refractivity contribution in [1.82, 2.24) is 4.90 Å². The van der Waals surface area contributed by atoms with Gasteiger partial charge in [0.05, 0.1) is 10.1 Å². The monoisotopic (exact) mass is 396 g/mol. The van der Waals surface area contributed by atoms with E-state index >= 15 is 0 Å². The Morgan fingerprint density at radius 2 is 1.67 bits per heavy atom. The molecule has 0 atom stereocenters. The van der Waals surface area contributed by atoms with Crippen molar-refractivity contribution in [3.63, 3.8) is 0 Å². The molecule has 1 aromatic carbocycles. The molecular weight excluding hydrogens is 363 g/mol. The van der Waals surface area contributed by atoms with E-state index in [1.54, 1.807) is 19.9 Å². The Labute approximate surface area is 163 Å². The first-order valence-corrected chi connectivity index (χ1v) is 11.8. The average molecular weight is 397 g/mol. The molecule has 152 valence electrons. The summed E-state index contributed by atoms with van der Waals surface area (Å²) in [4.78, 5) is 4.82. The number of anilines is 1. The minimum Gasteiger partial charge on any atom is -0.371 e. The molecule has 6 heteroatoms. The first kappa shape index (κ1) is 20.6. The Bertz CT molecular complexity index is 735. The van der Waals surface area contributed by atoms with Gasteiger partial charge in [0.2, 0.25) is 0 Å². The molecule has 0 saturated carbocycles. The lowest BCUT2D eigenvalue weighted by molar-refractivity contribution is 0.157. The quantitative estimate of drug-likeness (QED) is 0.755. The summed E-state index contributed by atoms with van der Waals surface area (Å²) in [5.41, 5.74) is 0.694. The van der Waals surface area contributed by atoms with Crippen LogP contribution in [-0.2, 0) is 9.84 Å². The molecule has 0 amide bonds. The number of sulfone groups is 1. The summed E-state index contributed by atoms with van der Waals surface area (Å²) in [5, 5.41) is -0.551. The van der Waals surface area contributed by atoms with Crippen LogP contribution in [0.5, 0.6) is 0 Å². The second-order valence-corrected chi connectivity index (χ2v) is 11.2. The van der Waals surface area contributed by atoms with Crippen LogP contribution in [-0.4, -0.2) is 51.3 Å². The molecule has 3 rings (SSSR count). The van der Waals surface area contributed by atoms with Crippen LogP contribution in [0.15, 0.2) is 23.1 Å². The van der Waals surface area contributed by atoms with Gasteiger partial charge in [0.1, 0.15) is 5.82 Å². The van der Waals surface area contributed by atoms with Crippen LogP contribution in [0.25, 0.3) is 0 Å². The summed E-state index contributed by atoms with van der Waals surface area (Å²) < 4.78 is 38.9. The van der Waals surface area contributed by atoms with Crippen LogP contribution < -0.4 is 4.90 Å². The number of rotatable bonds is 5. The summed E-state index contributed by atoms with van der Waals surface area (Å²) >= 11 is 0. The Morgan fingerprint density at radius 3 is 2.26 bits per heavy atom. The number of halogens is 1. The maximum Gasteiger partial charge on any atom is 0.180 e. The maximum atomic E-state index is 14.1. The molecular formula is C21H33FN2O2S. The van der Waals surface area contributed by atoms with Gasteiger partial charge in [0.25, 0.3) is 0 Å². The molecule has 4 nitrogen and oxygen atoms in total. The van der Waals surface area contributed by atoms with Crippen molar-refractivity contribution in [1.29, 1.82) is 0 Å². The van der Waals surface area contributed by atoms with Crippen molar-refractivity contribution in [2.45, 2.75) is 56.6 Å². The van der Waals surface area contributed by atoms with Crippen molar-refractivity contribution in [3.8, 4) is 0 Å². The number of nitrogens with zero attached hydrogens (tertiary/aromatic N) is 2. The molecule has 2 fully saturated rings. The Hall–Kier alpha value is -1.14. The van der Waals surface area contributed by atoms with E-state index in [2.05, 4.69) is 16.7 Å². The van der Waals surface area contributed by atoms with E-state index in [9.17, 15) is 12.8 Å². The summed E-state index contributed by atoms with van der Waals surface area (Å²) in [6.45, 7) is 10.9. The van der Waals surface area contributed by atoms with Crippen molar-refractivity contribution in [2.75, 3.05) is 37.6 Å². The van der Waals surface area contributed by atoms with Crippen LogP contribution in [0.1, 0.15) is 46.5 Å². The predicted molar refractivity (Wildman–Crippen MR) is 108 cm³/mol. The molecule has 0 aromatic heterocycles. The standard InChI is InChI=1S/C21H33FN2O2S/c1-16(2)27(25,26)21-13-19(22)12-20(14-21)24-10-6-18(7-11-24)15-23-8-4-17(3)5-9-23/h12-14,16-18H,4-11,15H2,1-3H3. The van der Waals surface area contributed by atoms with Gasteiger partial charge >= 0.3 is 0 Å². The normalized spacial score (nSPS) is 21.1. The first-order chi connectivity index (χ1) is 12.8. The van der Waals surface area contributed by atoms with Crippen molar-refractivity contribution >= 4 is 15.5 Å². The Morgan fingerprint density at radius 1 is 1.04 bits per heavy atom. The van der Waals surface area contributed by atoms with E-state index in [4.69, 9.17) is 0 Å². The minimum absolute atomic E-state index is 0.0945. The zero-order chi connectivity index (χ0) is 19.6. The average Bonchev–Trinajstić information content (AvgIpc) is 2.63. The lowest BCUT2D eigenvalue weighted by Gasteiger charge is -2.38. The third-order valence-electron chi connectivity index (χ3n) is 6.18. The van der Waals surface area contributed by atoms with Crippen LogP contribution in [0, 0.1) is 17.7 Å². The zero-order valence-corrected chi connectivity index (χ0v) is 17.6. The van der Waals surface area contributed by atoms with E-state index < -0.39 is 20.9 Å². The number of piperidine rings is 2. The van der Waals surface area contributed by atoms with E-state index in [0.29, 0.717) is 11.6 Å². The molecule has 2 aliphatic heterocycles. The predicted octanol–water partition coefficient (Wildman–Crippen LogP) is 3.96. The van der Waals surface area contributed by atoms with Crippen molar-refractivity contribution in [3.05, 3.63) is 24.0 Å². The van der Waals surface area contributed by atoms with Crippen molar-refractivity contribution < 1.29 is 12.8 Å². The van der Waals surface area contributed by atoms with Gasteiger partial charge in [-0.15, -0.1) is 0 Å². The van der Waals surface area contributed by atoms with Gasteiger partial charge in [-0.1, -0.05) is 6.92 Å². The Balaban J connectivity index is 1.62. The molecule has 0 spiro atoms. The SMILES string of the molecule is CC1CCN(CC2CCN(c3cc(F)cc(S(=O)(=O)C(C)C)c3)CC2)CC1. The fourth-order valence-corrected chi connectivity index (χ4v) is 5.26. The third-order valence-corrected chi connectivity index (χ3v) is 8.31. The Kier molecular flexibility index (Phi) is 6.46. The van der Waals surface area contributed by atoms with Gasteiger partial charge in [-0.05, 0) is 82.7 Å². The molecule has 27 heavy (non-hydrogen) atoms. The molecule has 0 bridgehead atoms. The van der Waals surface area contributed by atoms with Crippen LogP contribution in [0.3, 0.4) is 0 Å². The molecule has 0 unspecified atom stereocenters. The van der Waals surface area contributed by atoms with Gasteiger partial charge < -0.3 is 9.80 Å². The highest BCUT2D eigenvalue weighted by Gasteiger charge is 2.26. The molecule has 2 saturated heterocycles. The van der Waals surface area contributed by atoms with E-state index in [-0.39, 0.29) is 4.90 Å². The van der Waals surface area contributed by atoms with E-state index in [0.717, 1.165) is 44.5 Å². The van der Waals surface area contributed by atoms with Gasteiger partial charge in [0, 0.05) is 25.3 Å². The highest BCUT2D eigenvalue weighted by Crippen LogP contribution is 2.29. The first-order valence-electron chi connectivity index (χ1n) is 10.3. The molecule has 2 aliphatic rings. The highest BCUT2D eigenvalue weighted by atomic mass is 32.2. The lowest BCUT2D eigenvalue weighted by Crippen LogP contribution is -2.41. The summed E-state index contributed by atoms with van der Waals surface area (Å²) in [6, 6.07) is 4.25. The van der Waals surface area contributed by atoms with Gasteiger partial charge in [-0.25, -0.2) is 12.8 Å². The van der Waals surface area contributed by atoms with Gasteiger partial charge in [-0.3, -0.25) is 0 Å². The number of benzene rings is 1. The maximum absolute atomic E-state index is 14.1. The minimum atomic E-state index is -3.47. The summed E-state index contributed by atoms with van der Waals surface area (Å²) in [6.07, 6.45) is 4.76.